The number of fused-ring (bicyclic) bond motifs is 1. The Morgan fingerprint density at radius 1 is 0.971 bits per heavy atom. The molecule has 7 heteroatoms. The summed E-state index contributed by atoms with van der Waals surface area (Å²) in [5.41, 5.74) is 8.03. The highest BCUT2D eigenvalue weighted by molar-refractivity contribution is 5.96. The van der Waals surface area contributed by atoms with Crippen molar-refractivity contribution < 1.29 is 9.53 Å². The molecule has 0 saturated heterocycles. The minimum Gasteiger partial charge on any atom is -0.461 e. The van der Waals surface area contributed by atoms with Crippen LogP contribution in [0.3, 0.4) is 0 Å². The number of nitrogens with one attached hydrogen (secondary N) is 1. The maximum Gasteiger partial charge on any atom is 0.354 e. The predicted octanol–water partition coefficient (Wildman–Crippen LogP) is 5.33. The molecular formula is C27H25N5O2. The van der Waals surface area contributed by atoms with Crippen LogP contribution >= 0.6 is 0 Å². The lowest BCUT2D eigenvalue weighted by Gasteiger charge is -2.13. The van der Waals surface area contributed by atoms with Gasteiger partial charge in [0, 0.05) is 23.0 Å². The van der Waals surface area contributed by atoms with Crippen LogP contribution in [0.5, 0.6) is 0 Å². The molecule has 0 radical (unpaired) electrons. The number of aromatic amines is 1. The van der Waals surface area contributed by atoms with Gasteiger partial charge in [0.05, 0.1) is 6.61 Å². The Morgan fingerprint density at radius 3 is 2.53 bits per heavy atom. The molecule has 0 saturated carbocycles. The number of hydrogen-bond acceptors (Lipinski definition) is 5. The van der Waals surface area contributed by atoms with E-state index in [1.54, 1.807) is 0 Å². The molecule has 0 aliphatic carbocycles. The molecule has 0 unspecified atom stereocenters. The molecule has 5 aromatic rings. The first-order valence-corrected chi connectivity index (χ1v) is 11.2. The van der Waals surface area contributed by atoms with Gasteiger partial charge in [0.1, 0.15) is 5.69 Å². The summed E-state index contributed by atoms with van der Waals surface area (Å²) in [5, 5.41) is 15.4. The average Bonchev–Trinajstić information content (AvgIpc) is 3.49. The fourth-order valence-corrected chi connectivity index (χ4v) is 4.31. The number of aromatic nitrogens is 5. The van der Waals surface area contributed by atoms with Crippen LogP contribution in [0.1, 0.15) is 34.1 Å². The first kappa shape index (κ1) is 21.6. The molecule has 0 fully saturated rings. The number of hydrogen-bond donors (Lipinski definition) is 1. The first-order chi connectivity index (χ1) is 16.5. The van der Waals surface area contributed by atoms with Gasteiger partial charge in [-0.15, -0.1) is 5.10 Å². The number of ether oxygens (including phenoxy) is 1. The molecule has 0 aliphatic heterocycles. The van der Waals surface area contributed by atoms with Crippen molar-refractivity contribution in [3.8, 4) is 22.5 Å². The van der Waals surface area contributed by atoms with E-state index in [-0.39, 0.29) is 5.97 Å². The maximum atomic E-state index is 12.8. The summed E-state index contributed by atoms with van der Waals surface area (Å²) in [6.07, 6.45) is 0. The molecule has 1 N–H and O–H groups in total. The molecule has 2 heterocycles. The van der Waals surface area contributed by atoms with Gasteiger partial charge in [-0.1, -0.05) is 42.5 Å². The van der Waals surface area contributed by atoms with E-state index in [1.807, 2.05) is 41.8 Å². The summed E-state index contributed by atoms with van der Waals surface area (Å²) in [5.74, 6) is 0.307. The van der Waals surface area contributed by atoms with E-state index < -0.39 is 0 Å². The lowest BCUT2D eigenvalue weighted by Crippen LogP contribution is -2.13. The van der Waals surface area contributed by atoms with Gasteiger partial charge in [-0.2, -0.15) is 0 Å². The average molecular weight is 452 g/mol. The SMILES string of the molecule is CCOC(=O)c1cc2cc(C)c(C)cc2n1Cc1cccc(-c2ccccc2-c2nnn[nH]2)c1. The van der Waals surface area contributed by atoms with Crippen molar-refractivity contribution in [3.05, 3.63) is 89.1 Å². The molecule has 34 heavy (non-hydrogen) atoms. The number of H-pyrrole nitrogens is 1. The lowest BCUT2D eigenvalue weighted by molar-refractivity contribution is 0.0515. The highest BCUT2D eigenvalue weighted by atomic mass is 16.5. The number of aryl methyl sites for hydroxylation is 2. The summed E-state index contributed by atoms with van der Waals surface area (Å²) < 4.78 is 7.41. The van der Waals surface area contributed by atoms with Gasteiger partial charge < -0.3 is 9.30 Å². The lowest BCUT2D eigenvalue weighted by atomic mass is 9.97. The second-order valence-electron chi connectivity index (χ2n) is 8.33. The second kappa shape index (κ2) is 8.94. The van der Waals surface area contributed by atoms with Crippen molar-refractivity contribution in [3.63, 3.8) is 0 Å². The summed E-state index contributed by atoms with van der Waals surface area (Å²) in [6, 6.07) is 22.5. The molecule has 7 nitrogen and oxygen atoms in total. The van der Waals surface area contributed by atoms with Crippen molar-refractivity contribution in [2.75, 3.05) is 6.61 Å². The minimum atomic E-state index is -0.312. The summed E-state index contributed by atoms with van der Waals surface area (Å²) in [6.45, 7) is 6.87. The highest BCUT2D eigenvalue weighted by Crippen LogP contribution is 2.31. The molecular weight excluding hydrogens is 426 g/mol. The van der Waals surface area contributed by atoms with Gasteiger partial charge in [-0.3, -0.25) is 0 Å². The Kier molecular flexibility index (Phi) is 5.67. The number of nitrogens with zero attached hydrogens (tertiary/aromatic N) is 4. The van der Waals surface area contributed by atoms with E-state index >= 15 is 0 Å². The van der Waals surface area contributed by atoms with Gasteiger partial charge in [0.15, 0.2) is 5.82 Å². The van der Waals surface area contributed by atoms with E-state index in [1.165, 1.54) is 11.1 Å². The topological polar surface area (TPSA) is 85.7 Å². The Morgan fingerprint density at radius 2 is 1.76 bits per heavy atom. The third-order valence-electron chi connectivity index (χ3n) is 6.11. The number of benzene rings is 3. The molecule has 0 spiro atoms. The van der Waals surface area contributed by atoms with Crippen LogP contribution in [0, 0.1) is 13.8 Å². The summed E-state index contributed by atoms with van der Waals surface area (Å²) >= 11 is 0. The molecule has 0 atom stereocenters. The Bertz CT molecular complexity index is 1480. The summed E-state index contributed by atoms with van der Waals surface area (Å²) in [7, 11) is 0. The molecule has 170 valence electrons. The maximum absolute atomic E-state index is 12.8. The fraction of sp³-hybridized carbons (Fsp3) is 0.185. The number of carbonyl (C=O) groups excluding carboxylic acids is 1. The Balaban J connectivity index is 1.59. The number of tetrazole rings is 1. The first-order valence-electron chi connectivity index (χ1n) is 11.2. The van der Waals surface area contributed by atoms with Crippen molar-refractivity contribution in [1.29, 1.82) is 0 Å². The number of esters is 1. The van der Waals surface area contributed by atoms with Crippen molar-refractivity contribution in [1.82, 2.24) is 25.2 Å². The minimum absolute atomic E-state index is 0.312. The van der Waals surface area contributed by atoms with E-state index in [9.17, 15) is 4.79 Å². The van der Waals surface area contributed by atoms with Gasteiger partial charge in [0.25, 0.3) is 0 Å². The van der Waals surface area contributed by atoms with Crippen LogP contribution in [0.4, 0.5) is 0 Å². The van der Waals surface area contributed by atoms with E-state index in [4.69, 9.17) is 4.74 Å². The van der Waals surface area contributed by atoms with Gasteiger partial charge in [-0.05, 0) is 83.3 Å². The van der Waals surface area contributed by atoms with E-state index in [0.717, 1.165) is 33.2 Å². The van der Waals surface area contributed by atoms with Gasteiger partial charge in [-0.25, -0.2) is 9.89 Å². The number of carbonyl (C=O) groups is 1. The van der Waals surface area contributed by atoms with Crippen molar-refractivity contribution in [2.24, 2.45) is 0 Å². The highest BCUT2D eigenvalue weighted by Gasteiger charge is 2.18. The zero-order valence-corrected chi connectivity index (χ0v) is 19.4. The molecule has 3 aromatic carbocycles. The normalized spacial score (nSPS) is 11.1. The van der Waals surface area contributed by atoms with Gasteiger partial charge >= 0.3 is 5.97 Å². The smallest absolute Gasteiger partial charge is 0.354 e. The zero-order chi connectivity index (χ0) is 23.7. The quantitative estimate of drug-likeness (QED) is 0.353. The molecule has 0 bridgehead atoms. The Labute approximate surface area is 197 Å². The monoisotopic (exact) mass is 451 g/mol. The second-order valence-corrected chi connectivity index (χ2v) is 8.33. The van der Waals surface area contributed by atoms with Crippen molar-refractivity contribution >= 4 is 16.9 Å². The fourth-order valence-electron chi connectivity index (χ4n) is 4.31. The standard InChI is InChI=1S/C27H25N5O2/c1-4-34-27(33)25-15-21-12-17(2)18(3)13-24(21)32(25)16-19-8-7-9-20(14-19)22-10-5-6-11-23(22)26-28-30-31-29-26/h5-15H,4,16H2,1-3H3,(H,28,29,30,31). The number of rotatable bonds is 6. The van der Waals surface area contributed by atoms with Crippen LogP contribution in [0.2, 0.25) is 0 Å². The predicted molar refractivity (Wildman–Crippen MR) is 132 cm³/mol. The molecule has 2 aromatic heterocycles. The van der Waals surface area contributed by atoms with Crippen molar-refractivity contribution in [2.45, 2.75) is 27.3 Å². The molecule has 0 aliphatic rings. The summed E-state index contributed by atoms with van der Waals surface area (Å²) in [4.78, 5) is 12.8. The van der Waals surface area contributed by atoms with Crippen LogP contribution in [-0.4, -0.2) is 37.8 Å². The van der Waals surface area contributed by atoms with E-state index in [0.29, 0.717) is 24.7 Å². The largest absolute Gasteiger partial charge is 0.461 e. The van der Waals surface area contributed by atoms with Crippen LogP contribution in [0.25, 0.3) is 33.4 Å². The third-order valence-corrected chi connectivity index (χ3v) is 6.11. The third kappa shape index (κ3) is 3.96. The zero-order valence-electron chi connectivity index (χ0n) is 19.4. The Hall–Kier alpha value is -4.26. The van der Waals surface area contributed by atoms with Crippen LogP contribution in [-0.2, 0) is 11.3 Å². The molecule has 0 amide bonds. The van der Waals surface area contributed by atoms with Gasteiger partial charge in [0.2, 0.25) is 0 Å². The van der Waals surface area contributed by atoms with Crippen LogP contribution < -0.4 is 0 Å². The molecule has 5 rings (SSSR count). The van der Waals surface area contributed by atoms with Crippen LogP contribution in [0.15, 0.2) is 66.7 Å². The van der Waals surface area contributed by atoms with E-state index in [2.05, 4.69) is 70.9 Å².